The topological polar surface area (TPSA) is 120 Å². The Labute approximate surface area is 300 Å². The van der Waals surface area contributed by atoms with Crippen molar-refractivity contribution in [1.29, 1.82) is 0 Å². The quantitative estimate of drug-likeness (QED) is 0.0377. The molecule has 0 aliphatic rings. The number of unbranched alkanes of at least 4 members (excludes halogenated alkanes) is 20. The van der Waals surface area contributed by atoms with E-state index in [2.05, 4.69) is 19.2 Å². The van der Waals surface area contributed by atoms with E-state index in [4.69, 9.17) is 18.9 Å². The third kappa shape index (κ3) is 34.4. The van der Waals surface area contributed by atoms with Crippen LogP contribution in [0.25, 0.3) is 0 Å². The van der Waals surface area contributed by atoms with Gasteiger partial charge in [0.1, 0.15) is 13.2 Å². The summed E-state index contributed by atoms with van der Waals surface area (Å²) in [5, 5.41) is 12.6. The lowest BCUT2D eigenvalue weighted by atomic mass is 10.0. The molecule has 0 saturated heterocycles. The van der Waals surface area contributed by atoms with Gasteiger partial charge >= 0.3 is 18.0 Å². The molecule has 1 amide bonds. The zero-order chi connectivity index (χ0) is 36.3. The average molecular weight is 700 g/mol. The van der Waals surface area contributed by atoms with Gasteiger partial charge in [0.2, 0.25) is 0 Å². The predicted molar refractivity (Wildman–Crippen MR) is 199 cm³/mol. The van der Waals surface area contributed by atoms with Crippen LogP contribution >= 0.6 is 0 Å². The van der Waals surface area contributed by atoms with E-state index in [0.717, 1.165) is 38.5 Å². The number of aliphatic hydroxyl groups is 1. The van der Waals surface area contributed by atoms with Gasteiger partial charge in [0.15, 0.2) is 6.10 Å². The molecule has 0 aromatic carbocycles. The number of esters is 2. The number of carbonyl (C=O) groups is 3. The van der Waals surface area contributed by atoms with Crippen LogP contribution in [0.4, 0.5) is 4.79 Å². The first kappa shape index (κ1) is 47.1. The molecule has 0 spiro atoms. The minimum atomic E-state index is -0.861. The lowest BCUT2D eigenvalue weighted by Crippen LogP contribution is -2.34. The van der Waals surface area contributed by atoms with Crippen molar-refractivity contribution >= 4 is 18.0 Å². The maximum absolute atomic E-state index is 12.6. The van der Waals surface area contributed by atoms with Gasteiger partial charge < -0.3 is 29.4 Å². The average Bonchev–Trinajstić information content (AvgIpc) is 3.08. The molecule has 0 bridgehead atoms. The fourth-order valence-electron chi connectivity index (χ4n) is 5.50. The van der Waals surface area contributed by atoms with Crippen LogP contribution in [0.15, 0.2) is 0 Å². The van der Waals surface area contributed by atoms with E-state index >= 15 is 0 Å². The van der Waals surface area contributed by atoms with E-state index in [9.17, 15) is 19.5 Å². The predicted octanol–water partition coefficient (Wildman–Crippen LogP) is 10.1. The van der Waals surface area contributed by atoms with Crippen molar-refractivity contribution in [2.45, 2.75) is 206 Å². The van der Waals surface area contributed by atoms with Crippen LogP contribution in [-0.2, 0) is 28.5 Å². The van der Waals surface area contributed by atoms with E-state index in [1.807, 2.05) is 6.92 Å². The third-order valence-electron chi connectivity index (χ3n) is 9.16. The van der Waals surface area contributed by atoms with Gasteiger partial charge in [-0.1, -0.05) is 149 Å². The van der Waals surface area contributed by atoms with Crippen molar-refractivity contribution < 1.29 is 38.4 Å². The van der Waals surface area contributed by atoms with E-state index in [0.29, 0.717) is 25.9 Å². The summed E-state index contributed by atoms with van der Waals surface area (Å²) in [6.07, 6.45) is 26.6. The summed E-state index contributed by atoms with van der Waals surface area (Å²) < 4.78 is 21.8. The van der Waals surface area contributed by atoms with Gasteiger partial charge in [0.25, 0.3) is 0 Å². The molecule has 2 N–H and O–H groups in total. The van der Waals surface area contributed by atoms with Crippen molar-refractivity contribution in [2.75, 3.05) is 33.0 Å². The Morgan fingerprint density at radius 2 is 1.02 bits per heavy atom. The Bertz CT molecular complexity index is 775. The maximum atomic E-state index is 12.6. The SMILES string of the molecule is CCCCCCCCCCCCCC(=O)OCC(COC(=O)NCCOCCC(C)(O)CC)OC(=O)CCCCCCCCCCCCC. The van der Waals surface area contributed by atoms with E-state index < -0.39 is 17.8 Å². The van der Waals surface area contributed by atoms with Crippen molar-refractivity contribution in [1.82, 2.24) is 5.32 Å². The normalized spacial score (nSPS) is 13.1. The third-order valence-corrected chi connectivity index (χ3v) is 9.16. The fraction of sp³-hybridized carbons (Fsp3) is 0.925. The molecule has 0 aliphatic carbocycles. The van der Waals surface area contributed by atoms with E-state index in [1.54, 1.807) is 6.92 Å². The monoisotopic (exact) mass is 700 g/mol. The van der Waals surface area contributed by atoms with Crippen LogP contribution in [0.2, 0.25) is 0 Å². The number of ether oxygens (including phenoxy) is 4. The molecule has 0 radical (unpaired) electrons. The molecule has 49 heavy (non-hydrogen) atoms. The number of hydrogen-bond donors (Lipinski definition) is 2. The molecular formula is C40H77NO8. The molecule has 0 aromatic rings. The largest absolute Gasteiger partial charge is 0.462 e. The summed E-state index contributed by atoms with van der Waals surface area (Å²) in [6.45, 7) is 8.72. The Balaban J connectivity index is 4.39. The van der Waals surface area contributed by atoms with Crippen molar-refractivity contribution in [2.24, 2.45) is 0 Å². The molecule has 2 unspecified atom stereocenters. The first-order valence-electron chi connectivity index (χ1n) is 20.3. The minimum Gasteiger partial charge on any atom is -0.462 e. The number of hydrogen-bond acceptors (Lipinski definition) is 8. The van der Waals surface area contributed by atoms with Gasteiger partial charge in [-0.05, 0) is 32.6 Å². The zero-order valence-electron chi connectivity index (χ0n) is 32.3. The first-order chi connectivity index (χ1) is 23.7. The second-order valence-corrected chi connectivity index (χ2v) is 14.1. The summed E-state index contributed by atoms with van der Waals surface area (Å²) in [5.41, 5.74) is -0.761. The van der Waals surface area contributed by atoms with Gasteiger partial charge in [-0.15, -0.1) is 0 Å². The molecule has 0 heterocycles. The highest BCUT2D eigenvalue weighted by Crippen LogP contribution is 2.15. The summed E-state index contributed by atoms with van der Waals surface area (Å²) >= 11 is 0. The van der Waals surface area contributed by atoms with Gasteiger partial charge in [0, 0.05) is 26.0 Å². The molecule has 0 fully saturated rings. The standard InChI is InChI=1S/C40H77NO8/c1-5-8-10-12-14-16-18-20-22-24-26-28-37(42)47-34-36(35-48-39(44)41-31-33-46-32-30-40(4,45)7-3)49-38(43)29-27-25-23-21-19-17-15-13-11-9-6-2/h36,45H,5-35H2,1-4H3,(H,41,44). The maximum Gasteiger partial charge on any atom is 0.407 e. The van der Waals surface area contributed by atoms with Crippen LogP contribution < -0.4 is 5.32 Å². The number of rotatable bonds is 36. The van der Waals surface area contributed by atoms with Crippen LogP contribution in [0.5, 0.6) is 0 Å². The molecule has 0 aliphatic heterocycles. The smallest absolute Gasteiger partial charge is 0.407 e. The lowest BCUT2D eigenvalue weighted by Gasteiger charge is -2.20. The number of carbonyl (C=O) groups excluding carboxylic acids is 3. The number of alkyl carbamates (subject to hydrolysis) is 1. The van der Waals surface area contributed by atoms with Crippen LogP contribution in [0, 0.1) is 0 Å². The zero-order valence-corrected chi connectivity index (χ0v) is 32.3. The van der Waals surface area contributed by atoms with Crippen LogP contribution in [-0.4, -0.2) is 67.8 Å². The minimum absolute atomic E-state index is 0.144. The van der Waals surface area contributed by atoms with Gasteiger partial charge in [-0.2, -0.15) is 0 Å². The Morgan fingerprint density at radius 3 is 1.49 bits per heavy atom. The second kappa shape index (κ2) is 34.6. The molecule has 0 rings (SSSR count). The molecule has 2 atom stereocenters. The molecular weight excluding hydrogens is 622 g/mol. The summed E-state index contributed by atoms with van der Waals surface area (Å²) in [4.78, 5) is 37.3. The molecule has 9 heteroatoms. The highest BCUT2D eigenvalue weighted by atomic mass is 16.6. The van der Waals surface area contributed by atoms with Gasteiger partial charge in [0.05, 0.1) is 12.2 Å². The van der Waals surface area contributed by atoms with Gasteiger partial charge in [-0.3, -0.25) is 9.59 Å². The van der Waals surface area contributed by atoms with Crippen molar-refractivity contribution in [3.05, 3.63) is 0 Å². The van der Waals surface area contributed by atoms with Crippen molar-refractivity contribution in [3.8, 4) is 0 Å². The van der Waals surface area contributed by atoms with Crippen LogP contribution in [0.3, 0.4) is 0 Å². The highest BCUT2D eigenvalue weighted by Gasteiger charge is 2.20. The van der Waals surface area contributed by atoms with E-state index in [1.165, 1.54) is 103 Å². The number of amides is 1. The summed E-state index contributed by atoms with van der Waals surface area (Å²) in [5.74, 6) is -0.700. The van der Waals surface area contributed by atoms with E-state index in [-0.39, 0.29) is 44.7 Å². The first-order valence-corrected chi connectivity index (χ1v) is 20.3. The molecule has 290 valence electrons. The Hall–Kier alpha value is -1.87. The van der Waals surface area contributed by atoms with Crippen LogP contribution in [0.1, 0.15) is 195 Å². The number of nitrogens with one attached hydrogen (secondary N) is 1. The summed E-state index contributed by atoms with van der Waals surface area (Å²) in [6, 6.07) is 0. The second-order valence-electron chi connectivity index (χ2n) is 14.1. The lowest BCUT2D eigenvalue weighted by molar-refractivity contribution is -0.161. The fourth-order valence-corrected chi connectivity index (χ4v) is 5.50. The highest BCUT2D eigenvalue weighted by molar-refractivity contribution is 5.70. The molecule has 0 saturated carbocycles. The molecule has 9 nitrogen and oxygen atoms in total. The summed E-state index contributed by atoms with van der Waals surface area (Å²) in [7, 11) is 0. The van der Waals surface area contributed by atoms with Crippen molar-refractivity contribution in [3.63, 3.8) is 0 Å². The Kier molecular flexibility index (Phi) is 33.3. The molecule has 0 aromatic heterocycles. The van der Waals surface area contributed by atoms with Gasteiger partial charge in [-0.25, -0.2) is 4.79 Å². The Morgan fingerprint density at radius 1 is 0.592 bits per heavy atom.